The molecule has 0 spiro atoms. The van der Waals surface area contributed by atoms with Crippen LogP contribution < -0.4 is 0 Å². The van der Waals surface area contributed by atoms with Gasteiger partial charge in [0.15, 0.2) is 6.10 Å². The summed E-state index contributed by atoms with van der Waals surface area (Å²) in [6, 6.07) is 1.92. The van der Waals surface area contributed by atoms with Gasteiger partial charge in [-0.3, -0.25) is 0 Å². The highest BCUT2D eigenvalue weighted by molar-refractivity contribution is 4.92. The molecule has 0 saturated carbocycles. The molecule has 0 bridgehead atoms. The number of ether oxygens (including phenoxy) is 1. The third-order valence-corrected chi connectivity index (χ3v) is 0.477. The summed E-state index contributed by atoms with van der Waals surface area (Å²) in [6.45, 7) is 0.649. The van der Waals surface area contributed by atoms with Gasteiger partial charge in [-0.05, 0) is 0 Å². The third kappa shape index (κ3) is 10.8. The van der Waals surface area contributed by atoms with Crippen molar-refractivity contribution < 1.29 is 15.0 Å². The van der Waals surface area contributed by atoms with Crippen molar-refractivity contribution in [3.05, 3.63) is 10.1 Å². The van der Waals surface area contributed by atoms with Gasteiger partial charge in [0.1, 0.15) is 0 Å². The van der Waals surface area contributed by atoms with E-state index in [1.54, 1.807) is 0 Å². The number of hydrogen-bond donors (Lipinski definition) is 1. The maximum atomic E-state index is 8.36. The van der Waals surface area contributed by atoms with E-state index in [-0.39, 0.29) is 6.10 Å². The van der Waals surface area contributed by atoms with Gasteiger partial charge in [-0.2, -0.15) is 5.26 Å². The molecule has 1 rings (SSSR count). The summed E-state index contributed by atoms with van der Waals surface area (Å²) in [5.41, 5.74) is 0. The SMILES string of the molecule is N#CC1CO1.O=[N+]([O-])O. The summed E-state index contributed by atoms with van der Waals surface area (Å²) in [4.78, 5) is 8.36. The van der Waals surface area contributed by atoms with E-state index < -0.39 is 5.09 Å². The fourth-order valence-electron chi connectivity index (χ4n) is 0.123. The van der Waals surface area contributed by atoms with Gasteiger partial charge in [0.25, 0.3) is 5.09 Å². The van der Waals surface area contributed by atoms with Crippen LogP contribution in [0.3, 0.4) is 0 Å². The normalized spacial score (nSPS) is 20.6. The van der Waals surface area contributed by atoms with E-state index in [1.165, 1.54) is 0 Å². The van der Waals surface area contributed by atoms with E-state index >= 15 is 0 Å². The van der Waals surface area contributed by atoms with Crippen molar-refractivity contribution in [2.75, 3.05) is 6.61 Å². The lowest BCUT2D eigenvalue weighted by molar-refractivity contribution is -0.742. The van der Waals surface area contributed by atoms with Crippen molar-refractivity contribution in [2.45, 2.75) is 6.10 Å². The minimum absolute atomic E-state index is 0.0602. The van der Waals surface area contributed by atoms with Crippen molar-refractivity contribution in [2.24, 2.45) is 0 Å². The number of epoxide rings is 1. The smallest absolute Gasteiger partial charge is 0.291 e. The topological polar surface area (TPSA) is 99.7 Å². The van der Waals surface area contributed by atoms with E-state index in [9.17, 15) is 0 Å². The Kier molecular flexibility index (Phi) is 3.08. The molecule has 0 amide bonds. The maximum absolute atomic E-state index is 8.36. The molecule has 9 heavy (non-hydrogen) atoms. The van der Waals surface area contributed by atoms with Crippen LogP contribution in [0, 0.1) is 21.4 Å². The molecular weight excluding hydrogens is 128 g/mol. The fourth-order valence-corrected chi connectivity index (χ4v) is 0.123. The van der Waals surface area contributed by atoms with Crippen molar-refractivity contribution >= 4 is 0 Å². The number of hydrogen-bond acceptors (Lipinski definition) is 4. The first kappa shape index (κ1) is 7.65. The Morgan fingerprint density at radius 1 is 2.00 bits per heavy atom. The zero-order valence-corrected chi connectivity index (χ0v) is 4.35. The van der Waals surface area contributed by atoms with E-state index in [1.807, 2.05) is 6.07 Å². The predicted molar refractivity (Wildman–Crippen MR) is 24.1 cm³/mol. The molecule has 0 aromatic heterocycles. The Morgan fingerprint density at radius 2 is 2.33 bits per heavy atom. The minimum Gasteiger partial charge on any atom is -0.357 e. The molecule has 6 heteroatoms. The molecule has 6 nitrogen and oxygen atoms in total. The van der Waals surface area contributed by atoms with E-state index in [0.717, 1.165) is 0 Å². The van der Waals surface area contributed by atoms with Crippen molar-refractivity contribution in [3.8, 4) is 6.07 Å². The van der Waals surface area contributed by atoms with Crippen molar-refractivity contribution in [3.63, 3.8) is 0 Å². The Bertz CT molecular complexity index is 131. The third-order valence-electron chi connectivity index (χ3n) is 0.477. The highest BCUT2D eigenvalue weighted by Gasteiger charge is 2.20. The number of nitriles is 1. The molecule has 1 aliphatic heterocycles. The van der Waals surface area contributed by atoms with Gasteiger partial charge in [-0.1, -0.05) is 0 Å². The van der Waals surface area contributed by atoms with Crippen molar-refractivity contribution in [1.82, 2.24) is 0 Å². The summed E-state index contributed by atoms with van der Waals surface area (Å²) in [5, 5.41) is 21.5. The van der Waals surface area contributed by atoms with Gasteiger partial charge >= 0.3 is 0 Å². The molecule has 1 saturated heterocycles. The highest BCUT2D eigenvalue weighted by atomic mass is 16.9. The van der Waals surface area contributed by atoms with Gasteiger partial charge in [0.2, 0.25) is 0 Å². The summed E-state index contributed by atoms with van der Waals surface area (Å²) in [7, 11) is 0. The van der Waals surface area contributed by atoms with Crippen LogP contribution in [-0.4, -0.2) is 23.0 Å². The average molecular weight is 132 g/mol. The lowest BCUT2D eigenvalue weighted by Crippen LogP contribution is -1.81. The fraction of sp³-hybridized carbons (Fsp3) is 0.667. The van der Waals surface area contributed by atoms with Crippen molar-refractivity contribution in [1.29, 1.82) is 5.26 Å². The lowest BCUT2D eigenvalue weighted by Gasteiger charge is -1.56. The number of nitrogens with zero attached hydrogens (tertiary/aromatic N) is 2. The Hall–Kier alpha value is -1.35. The van der Waals surface area contributed by atoms with Gasteiger partial charge < -0.3 is 9.94 Å². The second kappa shape index (κ2) is 3.63. The molecular formula is C3H4N2O4. The van der Waals surface area contributed by atoms with Crippen LogP contribution >= 0.6 is 0 Å². The summed E-state index contributed by atoms with van der Waals surface area (Å²) >= 11 is 0. The van der Waals surface area contributed by atoms with E-state index in [4.69, 9.17) is 20.6 Å². The van der Waals surface area contributed by atoms with E-state index in [2.05, 4.69) is 4.74 Å². The Morgan fingerprint density at radius 3 is 2.33 bits per heavy atom. The monoisotopic (exact) mass is 132 g/mol. The van der Waals surface area contributed by atoms with Crippen LogP contribution in [0.1, 0.15) is 0 Å². The van der Waals surface area contributed by atoms with Gasteiger partial charge in [-0.25, -0.2) is 0 Å². The second-order valence-corrected chi connectivity index (χ2v) is 1.19. The van der Waals surface area contributed by atoms with Crippen LogP contribution in [0.25, 0.3) is 0 Å². The maximum Gasteiger partial charge on any atom is 0.291 e. The molecule has 0 aromatic rings. The zero-order valence-electron chi connectivity index (χ0n) is 4.35. The molecule has 1 aliphatic rings. The first-order chi connectivity index (χ1) is 4.16. The first-order valence-corrected chi connectivity index (χ1v) is 2.01. The highest BCUT2D eigenvalue weighted by Crippen LogP contribution is 2.04. The molecule has 1 fully saturated rings. The quantitative estimate of drug-likeness (QED) is 0.273. The van der Waals surface area contributed by atoms with Crippen LogP contribution in [0.5, 0.6) is 0 Å². The van der Waals surface area contributed by atoms with Crippen LogP contribution in [0.2, 0.25) is 0 Å². The molecule has 0 aliphatic carbocycles. The molecule has 0 radical (unpaired) electrons. The van der Waals surface area contributed by atoms with Crippen LogP contribution in [-0.2, 0) is 4.74 Å². The van der Waals surface area contributed by atoms with Crippen LogP contribution in [0.4, 0.5) is 0 Å². The summed E-state index contributed by atoms with van der Waals surface area (Å²) in [6.07, 6.45) is -0.0602. The second-order valence-electron chi connectivity index (χ2n) is 1.19. The van der Waals surface area contributed by atoms with Gasteiger partial charge in [-0.15, -0.1) is 10.1 Å². The van der Waals surface area contributed by atoms with Crippen LogP contribution in [0.15, 0.2) is 0 Å². The first-order valence-electron chi connectivity index (χ1n) is 2.01. The minimum atomic E-state index is -1.50. The molecule has 0 aromatic carbocycles. The molecule has 1 heterocycles. The van der Waals surface area contributed by atoms with E-state index in [0.29, 0.717) is 6.61 Å². The largest absolute Gasteiger partial charge is 0.357 e. The van der Waals surface area contributed by atoms with Gasteiger partial charge in [0.05, 0.1) is 12.7 Å². The molecule has 50 valence electrons. The average Bonchev–Trinajstić information content (AvgIpc) is 2.43. The molecule has 1 N–H and O–H groups in total. The zero-order chi connectivity index (χ0) is 7.28. The summed E-state index contributed by atoms with van der Waals surface area (Å²) in [5.74, 6) is 0. The summed E-state index contributed by atoms with van der Waals surface area (Å²) < 4.78 is 4.50. The Balaban J connectivity index is 0.000000148. The Labute approximate surface area is 50.4 Å². The lowest BCUT2D eigenvalue weighted by atomic mass is 10.6. The van der Waals surface area contributed by atoms with Gasteiger partial charge in [0, 0.05) is 0 Å². The molecule has 1 atom stereocenters. The standard InChI is InChI=1S/C3H3NO.HNO3/c4-1-3-2-5-3;2-1(3)4/h3H,2H2;(H,2,3,4). The molecule has 1 unspecified atom stereocenters. The predicted octanol–water partition coefficient (Wildman–Crippen LogP) is -0.439. The number of rotatable bonds is 0.